The van der Waals surface area contributed by atoms with Gasteiger partial charge in [0.15, 0.2) is 0 Å². The molecule has 29 heavy (non-hydrogen) atoms. The van der Waals surface area contributed by atoms with Crippen molar-refractivity contribution in [3.05, 3.63) is 88.9 Å². The van der Waals surface area contributed by atoms with Crippen molar-refractivity contribution >= 4 is 21.8 Å². The fourth-order valence-corrected chi connectivity index (χ4v) is 3.77. The molecule has 142 valence electrons. The van der Waals surface area contributed by atoms with Crippen molar-refractivity contribution in [3.8, 4) is 16.8 Å². The fourth-order valence-electron chi connectivity index (χ4n) is 3.77. The first-order valence-corrected chi connectivity index (χ1v) is 9.21. The van der Waals surface area contributed by atoms with E-state index in [1.807, 2.05) is 31.4 Å². The zero-order valence-electron chi connectivity index (χ0n) is 15.9. The van der Waals surface area contributed by atoms with E-state index in [9.17, 15) is 9.18 Å². The molecule has 0 unspecified atom stereocenters. The molecule has 5 aromatic rings. The van der Waals surface area contributed by atoms with Crippen LogP contribution in [0.3, 0.4) is 0 Å². The highest BCUT2D eigenvalue weighted by Gasteiger charge is 2.13. The Kier molecular flexibility index (Phi) is 3.81. The number of benzene rings is 2. The summed E-state index contributed by atoms with van der Waals surface area (Å²) in [4.78, 5) is 17.5. The number of hydrogen-bond acceptors (Lipinski definition) is 3. The number of aromatic nitrogens is 4. The second-order valence-electron chi connectivity index (χ2n) is 7.13. The van der Waals surface area contributed by atoms with Gasteiger partial charge in [0.2, 0.25) is 0 Å². The number of hydrogen-bond donors (Lipinski definition) is 0. The lowest BCUT2D eigenvalue weighted by Crippen LogP contribution is -2.18. The smallest absolute Gasteiger partial charge is 0.255 e. The van der Waals surface area contributed by atoms with E-state index in [1.165, 1.54) is 18.2 Å². The van der Waals surface area contributed by atoms with Crippen molar-refractivity contribution in [2.24, 2.45) is 7.05 Å². The van der Waals surface area contributed by atoms with E-state index in [-0.39, 0.29) is 11.4 Å². The molecule has 0 bridgehead atoms. The molecule has 0 radical (unpaired) electrons. The average molecular weight is 384 g/mol. The van der Waals surface area contributed by atoms with Crippen LogP contribution in [0, 0.1) is 12.7 Å². The Bertz CT molecular complexity index is 1470. The maximum atomic E-state index is 13.7. The summed E-state index contributed by atoms with van der Waals surface area (Å²) < 4.78 is 17.1. The molecule has 2 aromatic carbocycles. The van der Waals surface area contributed by atoms with Gasteiger partial charge in [-0.1, -0.05) is 6.07 Å². The molecule has 0 amide bonds. The maximum absolute atomic E-state index is 13.7. The third-order valence-electron chi connectivity index (χ3n) is 5.16. The normalized spacial score (nSPS) is 11.4. The van der Waals surface area contributed by atoms with Crippen LogP contribution in [0.15, 0.2) is 71.9 Å². The van der Waals surface area contributed by atoms with Gasteiger partial charge in [-0.05, 0) is 54.4 Å². The highest BCUT2D eigenvalue weighted by atomic mass is 19.1. The Morgan fingerprint density at radius 1 is 0.966 bits per heavy atom. The van der Waals surface area contributed by atoms with Gasteiger partial charge in [-0.3, -0.25) is 19.0 Å². The van der Waals surface area contributed by atoms with E-state index in [0.717, 1.165) is 32.9 Å². The highest BCUT2D eigenvalue weighted by molar-refractivity contribution is 6.05. The molecule has 0 atom stereocenters. The third-order valence-corrected chi connectivity index (χ3v) is 5.16. The average Bonchev–Trinajstić information content (AvgIpc) is 3.14. The number of nitrogens with zero attached hydrogens (tertiary/aromatic N) is 4. The summed E-state index contributed by atoms with van der Waals surface area (Å²) in [5.74, 6) is -0.329. The molecular formula is C23H17FN4O. The van der Waals surface area contributed by atoms with Crippen molar-refractivity contribution in [3.63, 3.8) is 0 Å². The Hall–Kier alpha value is -3.80. The van der Waals surface area contributed by atoms with Gasteiger partial charge in [-0.25, -0.2) is 4.39 Å². The molecule has 6 heteroatoms. The summed E-state index contributed by atoms with van der Waals surface area (Å²) in [5, 5.41) is 5.93. The minimum atomic E-state index is -0.329. The lowest BCUT2D eigenvalue weighted by molar-refractivity contribution is 0.626. The standard InChI is InChI=1S/C23H17FN4O/c1-14-9-18(24)5-7-21(14)28-22(29)8-4-16-11-25-20-6-3-15(10-19(20)23(16)28)17-12-26-27(2)13-17/h3-13H,1-2H3. The minimum absolute atomic E-state index is 0.175. The number of rotatable bonds is 2. The molecule has 0 fully saturated rings. The molecule has 0 saturated heterocycles. The Morgan fingerprint density at radius 2 is 1.83 bits per heavy atom. The van der Waals surface area contributed by atoms with E-state index >= 15 is 0 Å². The first kappa shape index (κ1) is 17.3. The molecule has 0 aliphatic carbocycles. The second-order valence-corrected chi connectivity index (χ2v) is 7.13. The number of fused-ring (bicyclic) bond motifs is 3. The summed E-state index contributed by atoms with van der Waals surface area (Å²) in [6.45, 7) is 1.80. The van der Waals surface area contributed by atoms with E-state index < -0.39 is 0 Å². The summed E-state index contributed by atoms with van der Waals surface area (Å²) >= 11 is 0. The van der Waals surface area contributed by atoms with Crippen LogP contribution >= 0.6 is 0 Å². The second kappa shape index (κ2) is 6.38. The molecule has 0 spiro atoms. The zero-order valence-corrected chi connectivity index (χ0v) is 15.9. The molecule has 0 aliphatic heterocycles. The monoisotopic (exact) mass is 384 g/mol. The van der Waals surface area contributed by atoms with Crippen molar-refractivity contribution in [2.45, 2.75) is 6.92 Å². The van der Waals surface area contributed by atoms with Gasteiger partial charge in [0.05, 0.1) is 22.9 Å². The third kappa shape index (κ3) is 2.81. The molecule has 3 aromatic heterocycles. The zero-order chi connectivity index (χ0) is 20.1. The molecule has 3 heterocycles. The summed E-state index contributed by atoms with van der Waals surface area (Å²) in [6, 6.07) is 13.7. The predicted molar refractivity (Wildman–Crippen MR) is 112 cm³/mol. The van der Waals surface area contributed by atoms with Gasteiger partial charge >= 0.3 is 0 Å². The van der Waals surface area contributed by atoms with Crippen LogP contribution in [0.2, 0.25) is 0 Å². The van der Waals surface area contributed by atoms with Gasteiger partial charge in [0, 0.05) is 41.8 Å². The number of pyridine rings is 2. The minimum Gasteiger partial charge on any atom is -0.276 e. The quantitative estimate of drug-likeness (QED) is 0.424. The largest absolute Gasteiger partial charge is 0.276 e. The molecule has 0 N–H and O–H groups in total. The maximum Gasteiger partial charge on any atom is 0.255 e. The molecule has 5 nitrogen and oxygen atoms in total. The van der Waals surface area contributed by atoms with Gasteiger partial charge < -0.3 is 0 Å². The van der Waals surface area contributed by atoms with Crippen LogP contribution in [-0.2, 0) is 7.05 Å². The first-order valence-electron chi connectivity index (χ1n) is 9.21. The molecule has 0 aliphatic rings. The fraction of sp³-hybridized carbons (Fsp3) is 0.0870. The topological polar surface area (TPSA) is 52.7 Å². The first-order chi connectivity index (χ1) is 14.0. The van der Waals surface area contributed by atoms with Crippen molar-refractivity contribution < 1.29 is 4.39 Å². The van der Waals surface area contributed by atoms with Crippen molar-refractivity contribution in [1.29, 1.82) is 0 Å². The Morgan fingerprint density at radius 3 is 2.59 bits per heavy atom. The van der Waals surface area contributed by atoms with E-state index in [1.54, 1.807) is 40.7 Å². The van der Waals surface area contributed by atoms with Crippen molar-refractivity contribution in [2.75, 3.05) is 0 Å². The summed E-state index contributed by atoms with van der Waals surface area (Å²) in [5.41, 5.74) is 4.67. The number of halogens is 1. The summed E-state index contributed by atoms with van der Waals surface area (Å²) in [7, 11) is 1.87. The van der Waals surface area contributed by atoms with Crippen LogP contribution < -0.4 is 5.56 Å². The van der Waals surface area contributed by atoms with Crippen LogP contribution in [0.25, 0.3) is 38.6 Å². The highest BCUT2D eigenvalue weighted by Crippen LogP contribution is 2.30. The van der Waals surface area contributed by atoms with Gasteiger partial charge in [-0.2, -0.15) is 5.10 Å². The van der Waals surface area contributed by atoms with Gasteiger partial charge in [-0.15, -0.1) is 0 Å². The van der Waals surface area contributed by atoms with Crippen LogP contribution in [0.5, 0.6) is 0 Å². The van der Waals surface area contributed by atoms with Crippen LogP contribution in [0.4, 0.5) is 4.39 Å². The molecule has 0 saturated carbocycles. The van der Waals surface area contributed by atoms with Crippen LogP contribution in [0.1, 0.15) is 5.56 Å². The lowest BCUT2D eigenvalue weighted by Gasteiger charge is -2.15. The Balaban J connectivity index is 1.90. The van der Waals surface area contributed by atoms with Gasteiger partial charge in [0.25, 0.3) is 5.56 Å². The number of aryl methyl sites for hydroxylation is 2. The summed E-state index contributed by atoms with van der Waals surface area (Å²) in [6.07, 6.45) is 5.50. The van der Waals surface area contributed by atoms with E-state index in [4.69, 9.17) is 0 Å². The molecular weight excluding hydrogens is 367 g/mol. The van der Waals surface area contributed by atoms with Crippen molar-refractivity contribution in [1.82, 2.24) is 19.3 Å². The Labute approximate surface area is 165 Å². The lowest BCUT2D eigenvalue weighted by atomic mass is 10.0. The van der Waals surface area contributed by atoms with Gasteiger partial charge in [0.1, 0.15) is 5.82 Å². The van der Waals surface area contributed by atoms with E-state index in [0.29, 0.717) is 11.3 Å². The molecule has 5 rings (SSSR count). The van der Waals surface area contributed by atoms with E-state index in [2.05, 4.69) is 10.1 Å². The van der Waals surface area contributed by atoms with Crippen LogP contribution in [-0.4, -0.2) is 19.3 Å². The predicted octanol–water partition coefficient (Wildman–Crippen LogP) is 4.39. The SMILES string of the molecule is Cc1cc(F)ccc1-n1c(=O)ccc2cnc3ccc(-c4cnn(C)c4)cc3c21.